The van der Waals surface area contributed by atoms with E-state index in [1.807, 2.05) is 13.8 Å². The first-order chi connectivity index (χ1) is 28.8. The number of benzene rings is 1. The third kappa shape index (κ3) is 11.7. The zero-order valence-electron chi connectivity index (χ0n) is 36.2. The first-order valence-corrected chi connectivity index (χ1v) is 21.8. The average Bonchev–Trinajstić information content (AvgIpc) is 3.85. The number of hydrogen-bond donors (Lipinski definition) is 4. The molecule has 0 aromatic heterocycles. The Morgan fingerprint density at radius 2 is 1.65 bits per heavy atom. The molecule has 4 N–H and O–H groups in total. The molecular weight excluding hydrogens is 861 g/mol. The molecule has 1 saturated carbocycles. The van der Waals surface area contributed by atoms with E-state index in [1.165, 1.54) is 39.8 Å². The SMILES string of the molecule is CC(C)C[C@@H]1NC(=O)[C@@H](N(C)C(=O)[C@H](C)NC(=O)[C@@H]2C[C@@H](F)CN2C(=O)C2(C(F)(F)F)CCCC2)CCCCNC(=O)C(C)(C)NC(=O)[C@H](Cc2cc(Cl)ccc2Cl)N(C)C1=O. The topological polar surface area (TPSA) is 177 Å². The lowest BCUT2D eigenvalue weighted by molar-refractivity contribution is -0.226. The maximum Gasteiger partial charge on any atom is 0.403 e. The molecule has 3 aliphatic rings. The highest BCUT2D eigenvalue weighted by atomic mass is 35.5. The summed E-state index contributed by atoms with van der Waals surface area (Å²) < 4.78 is 57.7. The van der Waals surface area contributed by atoms with Crippen molar-refractivity contribution >= 4 is 64.6 Å². The number of alkyl halides is 4. The van der Waals surface area contributed by atoms with Crippen molar-refractivity contribution < 1.29 is 51.1 Å². The molecule has 4 rings (SSSR count). The molecule has 0 unspecified atom stereocenters. The normalized spacial score (nSPS) is 25.8. The minimum absolute atomic E-state index is 0.0347. The van der Waals surface area contributed by atoms with Crippen LogP contribution in [0.3, 0.4) is 0 Å². The highest BCUT2D eigenvalue weighted by molar-refractivity contribution is 6.33. The Hall–Kier alpha value is -4.19. The van der Waals surface area contributed by atoms with Crippen molar-refractivity contribution in [3.63, 3.8) is 0 Å². The smallest absolute Gasteiger partial charge is 0.354 e. The van der Waals surface area contributed by atoms with Gasteiger partial charge in [-0.15, -0.1) is 0 Å². The number of likely N-dealkylation sites (tertiary alicyclic amines) is 1. The first-order valence-electron chi connectivity index (χ1n) is 21.0. The van der Waals surface area contributed by atoms with Crippen LogP contribution in [-0.4, -0.2) is 131 Å². The van der Waals surface area contributed by atoms with E-state index < -0.39 is 121 Å². The Labute approximate surface area is 369 Å². The monoisotopic (exact) mass is 919 g/mol. The quantitative estimate of drug-likeness (QED) is 0.264. The number of amides is 7. The molecule has 1 aromatic rings. The van der Waals surface area contributed by atoms with Crippen LogP contribution in [0.5, 0.6) is 0 Å². The van der Waals surface area contributed by atoms with Crippen LogP contribution >= 0.6 is 23.2 Å². The number of halogens is 6. The molecule has 0 bridgehead atoms. The summed E-state index contributed by atoms with van der Waals surface area (Å²) >= 11 is 12.7. The zero-order valence-corrected chi connectivity index (χ0v) is 37.7. The molecule has 14 nitrogen and oxygen atoms in total. The second kappa shape index (κ2) is 20.5. The fourth-order valence-corrected chi connectivity index (χ4v) is 8.86. The van der Waals surface area contributed by atoms with Gasteiger partial charge in [-0.3, -0.25) is 33.6 Å². The Bertz CT molecular complexity index is 1860. The van der Waals surface area contributed by atoms with Crippen LogP contribution in [0.4, 0.5) is 17.6 Å². The molecule has 6 atom stereocenters. The van der Waals surface area contributed by atoms with Crippen molar-refractivity contribution in [3.05, 3.63) is 33.8 Å². The van der Waals surface area contributed by atoms with Crippen LogP contribution in [0.15, 0.2) is 18.2 Å². The van der Waals surface area contributed by atoms with Gasteiger partial charge in [-0.1, -0.05) is 49.9 Å². The number of nitrogens with one attached hydrogen (secondary N) is 4. The van der Waals surface area contributed by atoms with Crippen LogP contribution in [0.25, 0.3) is 0 Å². The summed E-state index contributed by atoms with van der Waals surface area (Å²) in [4.78, 5) is 100.0. The van der Waals surface area contributed by atoms with E-state index in [9.17, 15) is 51.1 Å². The second-order valence-corrected chi connectivity index (χ2v) is 18.6. The highest BCUT2D eigenvalue weighted by Crippen LogP contribution is 2.52. The summed E-state index contributed by atoms with van der Waals surface area (Å²) in [6, 6.07) is -2.02. The van der Waals surface area contributed by atoms with Gasteiger partial charge in [0.2, 0.25) is 41.4 Å². The minimum Gasteiger partial charge on any atom is -0.354 e. The van der Waals surface area contributed by atoms with E-state index >= 15 is 0 Å². The molecule has 2 aliphatic heterocycles. The lowest BCUT2D eigenvalue weighted by Crippen LogP contribution is -2.62. The summed E-state index contributed by atoms with van der Waals surface area (Å²) in [7, 11) is 2.70. The van der Waals surface area contributed by atoms with E-state index in [4.69, 9.17) is 23.2 Å². The van der Waals surface area contributed by atoms with E-state index in [0.717, 1.165) is 4.90 Å². The van der Waals surface area contributed by atoms with Gasteiger partial charge in [0.1, 0.15) is 47.3 Å². The van der Waals surface area contributed by atoms with Crippen LogP contribution < -0.4 is 21.3 Å². The zero-order chi connectivity index (χ0) is 46.5. The van der Waals surface area contributed by atoms with Crippen LogP contribution in [0.1, 0.15) is 98.0 Å². The number of likely N-dealkylation sites (N-methyl/N-ethyl adjacent to an activating group) is 2. The van der Waals surface area contributed by atoms with Crippen LogP contribution in [-0.2, 0) is 40.0 Å². The van der Waals surface area contributed by atoms with E-state index in [2.05, 4.69) is 21.3 Å². The Morgan fingerprint density at radius 3 is 2.26 bits per heavy atom. The minimum atomic E-state index is -4.91. The summed E-state index contributed by atoms with van der Waals surface area (Å²) in [6.07, 6.45) is -7.24. The number of nitrogens with zero attached hydrogens (tertiary/aromatic N) is 3. The Balaban J connectivity index is 1.61. The predicted molar refractivity (Wildman–Crippen MR) is 223 cm³/mol. The van der Waals surface area contributed by atoms with E-state index in [1.54, 1.807) is 18.2 Å². The van der Waals surface area contributed by atoms with Crippen molar-refractivity contribution in [1.29, 1.82) is 0 Å². The maximum absolute atomic E-state index is 14.8. The fourth-order valence-electron chi connectivity index (χ4n) is 8.47. The summed E-state index contributed by atoms with van der Waals surface area (Å²) in [6.45, 7) is 7.40. The van der Waals surface area contributed by atoms with Gasteiger partial charge >= 0.3 is 6.18 Å². The summed E-state index contributed by atoms with van der Waals surface area (Å²) in [5.41, 5.74) is -3.72. The summed E-state index contributed by atoms with van der Waals surface area (Å²) in [5, 5.41) is 11.4. The third-order valence-corrected chi connectivity index (χ3v) is 12.7. The molecule has 20 heteroatoms. The van der Waals surface area contributed by atoms with Crippen molar-refractivity contribution in [2.45, 2.75) is 147 Å². The van der Waals surface area contributed by atoms with Crippen molar-refractivity contribution in [2.75, 3.05) is 27.2 Å². The largest absolute Gasteiger partial charge is 0.403 e. The van der Waals surface area contributed by atoms with Crippen LogP contribution in [0, 0.1) is 11.3 Å². The Morgan fingerprint density at radius 1 is 1.00 bits per heavy atom. The van der Waals surface area contributed by atoms with Gasteiger partial charge in [0, 0.05) is 43.5 Å². The molecule has 3 fully saturated rings. The van der Waals surface area contributed by atoms with Gasteiger partial charge in [0.15, 0.2) is 0 Å². The fraction of sp³-hybridized carbons (Fsp3) is 0.690. The van der Waals surface area contributed by atoms with E-state index in [-0.39, 0.29) is 56.0 Å². The molecule has 0 radical (unpaired) electrons. The number of carbonyl (C=O) groups excluding carboxylic acids is 7. The molecule has 1 aliphatic carbocycles. The molecule has 0 spiro atoms. The van der Waals surface area contributed by atoms with Crippen molar-refractivity contribution in [2.24, 2.45) is 11.3 Å². The first kappa shape index (κ1) is 50.5. The second-order valence-electron chi connectivity index (χ2n) is 17.7. The lowest BCUT2D eigenvalue weighted by atomic mass is 9.83. The van der Waals surface area contributed by atoms with Gasteiger partial charge in [0.05, 0.1) is 6.54 Å². The molecule has 62 heavy (non-hydrogen) atoms. The standard InChI is InChI=1S/C42H59Cl2F4N7O7/c1-23(2)18-29-37(60)54(7)31(20-25-19-26(43)13-14-28(25)44)35(58)52-40(4,5)38(61)49-17-11-8-12-30(33(56)51-29)53(6)36(59)24(3)50-34(57)32-21-27(45)22-55(32)39(62)41(42(46,47)48)15-9-10-16-41/h13-14,19,23-24,27,29-32H,8-12,15-18,20-22H2,1-7H3,(H,49,61)(H,50,57)(H,51,56)(H,52,58)/t24-,27+,29-,30-,31-,32-/m0/s1. The number of rotatable bonds is 9. The number of hydrogen-bond acceptors (Lipinski definition) is 7. The van der Waals surface area contributed by atoms with E-state index in [0.29, 0.717) is 21.9 Å². The van der Waals surface area contributed by atoms with Gasteiger partial charge < -0.3 is 36.0 Å². The molecule has 7 amide bonds. The molecule has 2 saturated heterocycles. The molecule has 346 valence electrons. The maximum atomic E-state index is 14.8. The van der Waals surface area contributed by atoms with Gasteiger partial charge in [0.25, 0.3) is 0 Å². The van der Waals surface area contributed by atoms with Crippen molar-refractivity contribution in [1.82, 2.24) is 36.0 Å². The Kier molecular flexibility index (Phi) is 16.7. The lowest BCUT2D eigenvalue weighted by Gasteiger charge is -2.36. The van der Waals surface area contributed by atoms with Crippen LogP contribution in [0.2, 0.25) is 10.0 Å². The molecule has 2 heterocycles. The third-order valence-electron chi connectivity index (χ3n) is 12.1. The van der Waals surface area contributed by atoms with Gasteiger partial charge in [-0.2, -0.15) is 13.2 Å². The van der Waals surface area contributed by atoms with Gasteiger partial charge in [-0.25, -0.2) is 4.39 Å². The molecule has 1 aromatic carbocycles. The molecular formula is C42H59Cl2F4N7O7. The number of carbonyl (C=O) groups is 7. The highest BCUT2D eigenvalue weighted by Gasteiger charge is 2.63. The summed E-state index contributed by atoms with van der Waals surface area (Å²) in [5.74, 6) is -5.91. The predicted octanol–water partition coefficient (Wildman–Crippen LogP) is 4.48. The average molecular weight is 921 g/mol. The van der Waals surface area contributed by atoms with Crippen molar-refractivity contribution in [3.8, 4) is 0 Å². The van der Waals surface area contributed by atoms with Gasteiger partial charge in [-0.05, 0) is 89.0 Å².